The Labute approximate surface area is 128 Å². The third kappa shape index (κ3) is 4.33. The van der Waals surface area contributed by atoms with Gasteiger partial charge in [0.25, 0.3) is 0 Å². The van der Waals surface area contributed by atoms with Gasteiger partial charge in [-0.2, -0.15) is 0 Å². The molecule has 112 valence electrons. The number of halogens is 1. The molecule has 6 nitrogen and oxygen atoms in total. The summed E-state index contributed by atoms with van der Waals surface area (Å²) in [5.41, 5.74) is -0.518. The van der Waals surface area contributed by atoms with Crippen LogP contribution in [0.25, 0.3) is 0 Å². The molecule has 0 aromatic carbocycles. The van der Waals surface area contributed by atoms with Crippen LogP contribution in [0.1, 0.15) is 27.2 Å². The average Bonchev–Trinajstić information content (AvgIpc) is 2.44. The Balaban J connectivity index is 2.76. The zero-order valence-electron chi connectivity index (χ0n) is 12.4. The van der Waals surface area contributed by atoms with E-state index in [1.807, 2.05) is 13.8 Å². The quantitative estimate of drug-likeness (QED) is 0.707. The molecule has 0 unspecified atom stereocenters. The molecular weight excluding hydrogens is 322 g/mol. The molecule has 0 saturated heterocycles. The van der Waals surface area contributed by atoms with E-state index in [1.54, 1.807) is 7.05 Å². The number of rotatable bonds is 7. The Hall–Kier alpha value is -1.37. The van der Waals surface area contributed by atoms with Gasteiger partial charge in [-0.1, -0.05) is 6.92 Å². The van der Waals surface area contributed by atoms with Crippen LogP contribution in [0.15, 0.2) is 10.8 Å². The van der Waals surface area contributed by atoms with Gasteiger partial charge in [0, 0.05) is 20.1 Å². The van der Waals surface area contributed by atoms with Crippen LogP contribution < -0.4 is 16.0 Å². The number of carbonyl (C=O) groups is 1. The predicted octanol–water partition coefficient (Wildman–Crippen LogP) is 2.25. The van der Waals surface area contributed by atoms with E-state index >= 15 is 0 Å². The fourth-order valence-electron chi connectivity index (χ4n) is 1.58. The number of anilines is 2. The van der Waals surface area contributed by atoms with Crippen LogP contribution >= 0.6 is 15.9 Å². The highest BCUT2D eigenvalue weighted by atomic mass is 79.9. The molecule has 0 aliphatic heterocycles. The van der Waals surface area contributed by atoms with Gasteiger partial charge in [-0.05, 0) is 36.2 Å². The maximum absolute atomic E-state index is 11.7. The van der Waals surface area contributed by atoms with E-state index < -0.39 is 5.41 Å². The number of carbonyl (C=O) groups excluding carboxylic acids is 1. The molecule has 1 heterocycles. The lowest BCUT2D eigenvalue weighted by molar-refractivity contribution is -0.128. The fourth-order valence-corrected chi connectivity index (χ4v) is 2.07. The van der Waals surface area contributed by atoms with E-state index in [0.29, 0.717) is 12.4 Å². The molecule has 0 spiro atoms. The summed E-state index contributed by atoms with van der Waals surface area (Å²) in [6, 6.07) is 0. The van der Waals surface area contributed by atoms with Crippen LogP contribution in [0, 0.1) is 5.41 Å². The van der Waals surface area contributed by atoms with Crippen molar-refractivity contribution in [3.8, 4) is 0 Å². The maximum Gasteiger partial charge on any atom is 0.227 e. The minimum absolute atomic E-state index is 0.0143. The molecule has 0 aliphatic carbocycles. The summed E-state index contributed by atoms with van der Waals surface area (Å²) < 4.78 is 0.779. The average molecular weight is 344 g/mol. The largest absolute Gasteiger partial charge is 0.369 e. The second-order valence-corrected chi connectivity index (χ2v) is 5.92. The van der Waals surface area contributed by atoms with Gasteiger partial charge in [0.05, 0.1) is 5.41 Å². The monoisotopic (exact) mass is 343 g/mol. The summed E-state index contributed by atoms with van der Waals surface area (Å²) in [6.07, 6.45) is 2.51. The van der Waals surface area contributed by atoms with Crippen LogP contribution in [0.3, 0.4) is 0 Å². The molecule has 3 N–H and O–H groups in total. The Kier molecular flexibility index (Phi) is 6.19. The molecule has 1 amide bonds. The van der Waals surface area contributed by atoms with Gasteiger partial charge < -0.3 is 16.0 Å². The Morgan fingerprint density at radius 1 is 1.30 bits per heavy atom. The smallest absolute Gasteiger partial charge is 0.227 e. The van der Waals surface area contributed by atoms with Gasteiger partial charge in [0.1, 0.15) is 22.4 Å². The first-order valence-electron chi connectivity index (χ1n) is 6.62. The predicted molar refractivity (Wildman–Crippen MR) is 84.9 cm³/mol. The molecule has 20 heavy (non-hydrogen) atoms. The van der Waals surface area contributed by atoms with E-state index in [1.165, 1.54) is 6.33 Å². The summed E-state index contributed by atoms with van der Waals surface area (Å²) in [6.45, 7) is 7.18. The van der Waals surface area contributed by atoms with E-state index in [-0.39, 0.29) is 5.91 Å². The van der Waals surface area contributed by atoms with Gasteiger partial charge in [-0.25, -0.2) is 9.97 Å². The normalized spacial score (nSPS) is 11.1. The zero-order chi connectivity index (χ0) is 15.2. The van der Waals surface area contributed by atoms with Crippen molar-refractivity contribution in [2.45, 2.75) is 27.2 Å². The molecule has 0 aliphatic rings. The van der Waals surface area contributed by atoms with Crippen LogP contribution in [-0.2, 0) is 4.79 Å². The van der Waals surface area contributed by atoms with Crippen molar-refractivity contribution in [3.05, 3.63) is 10.8 Å². The number of hydrogen-bond acceptors (Lipinski definition) is 5. The summed E-state index contributed by atoms with van der Waals surface area (Å²) >= 11 is 3.48. The highest BCUT2D eigenvalue weighted by Crippen LogP contribution is 2.27. The second-order valence-electron chi connectivity index (χ2n) is 5.13. The van der Waals surface area contributed by atoms with Crippen molar-refractivity contribution in [2.75, 3.05) is 30.8 Å². The lowest BCUT2D eigenvalue weighted by Gasteiger charge is -2.23. The van der Waals surface area contributed by atoms with E-state index in [2.05, 4.69) is 48.8 Å². The van der Waals surface area contributed by atoms with Crippen LogP contribution in [0.5, 0.6) is 0 Å². The third-order valence-corrected chi connectivity index (χ3v) is 3.62. The van der Waals surface area contributed by atoms with E-state index in [9.17, 15) is 4.79 Å². The number of aromatic nitrogens is 2. The molecule has 1 aromatic rings. The first kappa shape index (κ1) is 16.7. The summed E-state index contributed by atoms with van der Waals surface area (Å²) in [5.74, 6) is 1.41. The molecule has 0 atom stereocenters. The second kappa shape index (κ2) is 7.42. The van der Waals surface area contributed by atoms with Crippen molar-refractivity contribution < 1.29 is 4.79 Å². The highest BCUT2D eigenvalue weighted by molar-refractivity contribution is 9.10. The third-order valence-electron chi connectivity index (χ3n) is 2.87. The van der Waals surface area contributed by atoms with E-state index in [0.717, 1.165) is 23.3 Å². The molecule has 0 fully saturated rings. The molecule has 0 saturated carbocycles. The Morgan fingerprint density at radius 3 is 2.45 bits per heavy atom. The number of amides is 1. The van der Waals surface area contributed by atoms with Crippen molar-refractivity contribution >= 4 is 33.5 Å². The SMILES string of the molecule is CCCNc1ncnc(NCC(C)(C)C(=O)NC)c1Br. The Morgan fingerprint density at radius 2 is 1.90 bits per heavy atom. The summed E-state index contributed by atoms with van der Waals surface area (Å²) in [5, 5.41) is 9.06. The molecule has 1 aromatic heterocycles. The summed E-state index contributed by atoms with van der Waals surface area (Å²) in [4.78, 5) is 20.1. The molecular formula is C13H22BrN5O. The first-order valence-corrected chi connectivity index (χ1v) is 7.42. The number of nitrogens with one attached hydrogen (secondary N) is 3. The van der Waals surface area contributed by atoms with Gasteiger partial charge in [0.15, 0.2) is 0 Å². The molecule has 0 radical (unpaired) electrons. The number of nitrogens with zero attached hydrogens (tertiary/aromatic N) is 2. The van der Waals surface area contributed by atoms with Gasteiger partial charge in [-0.3, -0.25) is 4.79 Å². The maximum atomic E-state index is 11.7. The fraction of sp³-hybridized carbons (Fsp3) is 0.615. The Bertz CT molecular complexity index is 464. The zero-order valence-corrected chi connectivity index (χ0v) is 14.0. The molecule has 0 bridgehead atoms. The van der Waals surface area contributed by atoms with Crippen molar-refractivity contribution in [1.29, 1.82) is 0 Å². The molecule has 1 rings (SSSR count). The van der Waals surface area contributed by atoms with Crippen LogP contribution in [0.2, 0.25) is 0 Å². The minimum Gasteiger partial charge on any atom is -0.369 e. The van der Waals surface area contributed by atoms with Crippen LogP contribution in [-0.4, -0.2) is 36.0 Å². The first-order chi connectivity index (χ1) is 9.42. The standard InChI is InChI=1S/C13H22BrN5O/c1-5-6-16-10-9(14)11(19-8-18-10)17-7-13(2,3)12(20)15-4/h8H,5-7H2,1-4H3,(H,15,20)(H2,16,17,18,19). The minimum atomic E-state index is -0.518. The van der Waals surface area contributed by atoms with Gasteiger partial charge >= 0.3 is 0 Å². The van der Waals surface area contributed by atoms with Crippen molar-refractivity contribution in [2.24, 2.45) is 5.41 Å². The highest BCUT2D eigenvalue weighted by Gasteiger charge is 2.26. The number of hydrogen-bond donors (Lipinski definition) is 3. The van der Waals surface area contributed by atoms with Crippen LogP contribution in [0.4, 0.5) is 11.6 Å². The van der Waals surface area contributed by atoms with Gasteiger partial charge in [0.2, 0.25) is 5.91 Å². The van der Waals surface area contributed by atoms with Crippen molar-refractivity contribution in [1.82, 2.24) is 15.3 Å². The van der Waals surface area contributed by atoms with E-state index in [4.69, 9.17) is 0 Å². The topological polar surface area (TPSA) is 78.9 Å². The lowest BCUT2D eigenvalue weighted by Crippen LogP contribution is -2.39. The van der Waals surface area contributed by atoms with Crippen molar-refractivity contribution in [3.63, 3.8) is 0 Å². The lowest BCUT2D eigenvalue weighted by atomic mass is 9.92. The van der Waals surface area contributed by atoms with Gasteiger partial charge in [-0.15, -0.1) is 0 Å². The molecule has 7 heteroatoms. The summed E-state index contributed by atoms with van der Waals surface area (Å²) in [7, 11) is 1.64.